The van der Waals surface area contributed by atoms with Gasteiger partial charge in [-0.2, -0.15) is 0 Å². The maximum Gasteiger partial charge on any atom is 0.223 e. The molecule has 3 aliphatic carbocycles. The molecule has 0 aromatic heterocycles. The third-order valence-corrected chi connectivity index (χ3v) is 7.11. The molecule has 0 aliphatic heterocycles. The molecule has 3 nitrogen and oxygen atoms in total. The Morgan fingerprint density at radius 2 is 1.65 bits per heavy atom. The van der Waals surface area contributed by atoms with Crippen LogP contribution >= 0.6 is 12.4 Å². The summed E-state index contributed by atoms with van der Waals surface area (Å²) in [6, 6.07) is 11.4. The van der Waals surface area contributed by atoms with Gasteiger partial charge in [0.25, 0.3) is 0 Å². The molecule has 0 radical (unpaired) electrons. The molecule has 144 valence electrons. The molecular formula is C22H33ClN2O. The number of fused-ring (bicyclic) bond motifs is 2. The summed E-state index contributed by atoms with van der Waals surface area (Å²) in [4.78, 5) is 12.9. The van der Waals surface area contributed by atoms with Crippen molar-refractivity contribution >= 4 is 18.3 Å². The molecule has 26 heavy (non-hydrogen) atoms. The van der Waals surface area contributed by atoms with Crippen LogP contribution in [0.25, 0.3) is 0 Å². The van der Waals surface area contributed by atoms with E-state index in [2.05, 4.69) is 35.6 Å². The third-order valence-electron chi connectivity index (χ3n) is 7.11. The molecule has 4 unspecified atom stereocenters. The van der Waals surface area contributed by atoms with Gasteiger partial charge in [-0.25, -0.2) is 0 Å². The van der Waals surface area contributed by atoms with Gasteiger partial charge in [0.05, 0.1) is 0 Å². The zero-order valence-electron chi connectivity index (χ0n) is 15.6. The molecule has 2 bridgehead atoms. The molecule has 3 saturated carbocycles. The zero-order valence-corrected chi connectivity index (χ0v) is 16.4. The topological polar surface area (TPSA) is 55.1 Å². The summed E-state index contributed by atoms with van der Waals surface area (Å²) in [5.41, 5.74) is 7.78. The first kappa shape index (κ1) is 19.7. The number of halogens is 1. The number of amides is 1. The normalized spacial score (nSPS) is 36.2. The van der Waals surface area contributed by atoms with Crippen molar-refractivity contribution in [2.75, 3.05) is 0 Å². The summed E-state index contributed by atoms with van der Waals surface area (Å²) in [7, 11) is 0. The average molecular weight is 377 g/mol. The summed E-state index contributed by atoms with van der Waals surface area (Å²) in [5.74, 6) is 2.26. The Hall–Kier alpha value is -1.06. The Bertz CT molecular complexity index is 579. The van der Waals surface area contributed by atoms with Crippen LogP contribution < -0.4 is 11.1 Å². The second-order valence-corrected chi connectivity index (χ2v) is 8.69. The van der Waals surface area contributed by atoms with Crippen molar-refractivity contribution in [1.82, 2.24) is 5.32 Å². The summed E-state index contributed by atoms with van der Waals surface area (Å²) < 4.78 is 0. The number of hydrogen-bond acceptors (Lipinski definition) is 2. The van der Waals surface area contributed by atoms with Crippen molar-refractivity contribution in [2.24, 2.45) is 29.4 Å². The molecule has 1 amide bonds. The second-order valence-electron chi connectivity index (χ2n) is 8.69. The van der Waals surface area contributed by atoms with Gasteiger partial charge in [0.2, 0.25) is 5.91 Å². The van der Waals surface area contributed by atoms with E-state index < -0.39 is 0 Å². The fraction of sp³-hybridized carbons (Fsp3) is 0.682. The van der Waals surface area contributed by atoms with Gasteiger partial charge in [-0.05, 0) is 68.3 Å². The predicted octanol–water partition coefficient (Wildman–Crippen LogP) is 4.09. The fourth-order valence-electron chi connectivity index (χ4n) is 5.69. The lowest BCUT2D eigenvalue weighted by atomic mass is 9.65. The first-order valence-electron chi connectivity index (χ1n) is 10.3. The molecule has 0 spiro atoms. The van der Waals surface area contributed by atoms with Crippen molar-refractivity contribution in [3.05, 3.63) is 35.9 Å². The van der Waals surface area contributed by atoms with Gasteiger partial charge in [-0.1, -0.05) is 43.2 Å². The van der Waals surface area contributed by atoms with Crippen molar-refractivity contribution in [1.29, 1.82) is 0 Å². The Morgan fingerprint density at radius 1 is 1.00 bits per heavy atom. The molecule has 0 heterocycles. The van der Waals surface area contributed by atoms with E-state index in [9.17, 15) is 4.79 Å². The molecule has 4 heteroatoms. The standard InChI is InChI=1S/C22H32N2O.ClH/c23-21-17-9-4-10-18(21)14-19(13-17)22(25)24-20-11-5-8-16(20)12-15-6-2-1-3-7-15;/h1-3,6-7,16-21H,4-5,8-14,23H2,(H,24,25);1H. The van der Waals surface area contributed by atoms with E-state index in [0.29, 0.717) is 35.7 Å². The number of benzene rings is 1. The average Bonchev–Trinajstić information content (AvgIpc) is 3.02. The number of carbonyl (C=O) groups is 1. The lowest BCUT2D eigenvalue weighted by molar-refractivity contribution is -0.128. The van der Waals surface area contributed by atoms with E-state index in [1.807, 2.05) is 0 Å². The molecule has 1 aromatic rings. The Morgan fingerprint density at radius 3 is 2.35 bits per heavy atom. The predicted molar refractivity (Wildman–Crippen MR) is 108 cm³/mol. The Kier molecular flexibility index (Phi) is 6.63. The smallest absolute Gasteiger partial charge is 0.223 e. The van der Waals surface area contributed by atoms with E-state index in [1.165, 1.54) is 37.7 Å². The third kappa shape index (κ3) is 4.26. The van der Waals surface area contributed by atoms with Crippen molar-refractivity contribution in [3.63, 3.8) is 0 Å². The van der Waals surface area contributed by atoms with Crippen LogP contribution in [0.2, 0.25) is 0 Å². The molecular weight excluding hydrogens is 344 g/mol. The number of carbonyl (C=O) groups excluding carboxylic acids is 1. The van der Waals surface area contributed by atoms with Gasteiger partial charge in [0, 0.05) is 18.0 Å². The van der Waals surface area contributed by atoms with Gasteiger partial charge < -0.3 is 11.1 Å². The number of nitrogens with two attached hydrogens (primary N) is 1. The Labute approximate surface area is 163 Å². The highest BCUT2D eigenvalue weighted by atomic mass is 35.5. The maximum absolute atomic E-state index is 12.9. The molecule has 3 aliphatic rings. The van der Waals surface area contributed by atoms with Gasteiger partial charge >= 0.3 is 0 Å². The summed E-state index contributed by atoms with van der Waals surface area (Å²) in [6.45, 7) is 0. The van der Waals surface area contributed by atoms with Crippen LogP contribution in [0.3, 0.4) is 0 Å². The molecule has 4 atom stereocenters. The van der Waals surface area contributed by atoms with E-state index in [1.54, 1.807) is 0 Å². The van der Waals surface area contributed by atoms with Crippen LogP contribution in [0.15, 0.2) is 30.3 Å². The quantitative estimate of drug-likeness (QED) is 0.831. The number of hydrogen-bond donors (Lipinski definition) is 2. The molecule has 3 fully saturated rings. The Balaban J connectivity index is 0.00000196. The largest absolute Gasteiger partial charge is 0.353 e. The summed E-state index contributed by atoms with van der Waals surface area (Å²) in [6.07, 6.45) is 10.5. The molecule has 4 rings (SSSR count). The highest BCUT2D eigenvalue weighted by Gasteiger charge is 2.41. The van der Waals surface area contributed by atoms with Crippen LogP contribution in [0, 0.1) is 23.7 Å². The van der Waals surface area contributed by atoms with Gasteiger partial charge in [0.1, 0.15) is 0 Å². The molecule has 1 aromatic carbocycles. The van der Waals surface area contributed by atoms with E-state index >= 15 is 0 Å². The van der Waals surface area contributed by atoms with Gasteiger partial charge in [0.15, 0.2) is 0 Å². The SMILES string of the molecule is Cl.NC1C2CCCC1CC(C(=O)NC1CCCC1Cc1ccccc1)C2. The van der Waals surface area contributed by atoms with Crippen LogP contribution in [-0.2, 0) is 11.2 Å². The number of nitrogens with one attached hydrogen (secondary N) is 1. The monoisotopic (exact) mass is 376 g/mol. The van der Waals surface area contributed by atoms with Gasteiger partial charge in [-0.15, -0.1) is 12.4 Å². The van der Waals surface area contributed by atoms with E-state index in [-0.39, 0.29) is 18.3 Å². The fourth-order valence-corrected chi connectivity index (χ4v) is 5.69. The first-order valence-corrected chi connectivity index (χ1v) is 10.3. The minimum atomic E-state index is 0. The van der Waals surface area contributed by atoms with Crippen LogP contribution in [-0.4, -0.2) is 18.0 Å². The maximum atomic E-state index is 12.9. The second kappa shape index (κ2) is 8.75. The number of rotatable bonds is 4. The van der Waals surface area contributed by atoms with Crippen molar-refractivity contribution < 1.29 is 4.79 Å². The minimum absolute atomic E-state index is 0. The van der Waals surface area contributed by atoms with Gasteiger partial charge in [-0.3, -0.25) is 4.79 Å². The summed E-state index contributed by atoms with van der Waals surface area (Å²) in [5, 5.41) is 3.44. The highest BCUT2D eigenvalue weighted by Crippen LogP contribution is 2.42. The van der Waals surface area contributed by atoms with E-state index in [4.69, 9.17) is 5.73 Å². The first-order chi connectivity index (χ1) is 12.2. The zero-order chi connectivity index (χ0) is 17.2. The highest BCUT2D eigenvalue weighted by molar-refractivity contribution is 5.85. The van der Waals surface area contributed by atoms with Crippen molar-refractivity contribution in [3.8, 4) is 0 Å². The minimum Gasteiger partial charge on any atom is -0.353 e. The van der Waals surface area contributed by atoms with Crippen molar-refractivity contribution in [2.45, 2.75) is 69.9 Å². The summed E-state index contributed by atoms with van der Waals surface area (Å²) >= 11 is 0. The molecule has 3 N–H and O–H groups in total. The van der Waals surface area contributed by atoms with Crippen LogP contribution in [0.5, 0.6) is 0 Å². The van der Waals surface area contributed by atoms with Crippen LogP contribution in [0.4, 0.5) is 0 Å². The van der Waals surface area contributed by atoms with E-state index in [0.717, 1.165) is 25.7 Å². The lowest BCUT2D eigenvalue weighted by Gasteiger charge is -2.43. The van der Waals surface area contributed by atoms with Crippen LogP contribution in [0.1, 0.15) is 56.9 Å². The lowest BCUT2D eigenvalue weighted by Crippen LogP contribution is -2.50. The molecule has 0 saturated heterocycles.